The molecule has 0 aromatic heterocycles. The van der Waals surface area contributed by atoms with E-state index in [1.54, 1.807) is 4.90 Å². The van der Waals surface area contributed by atoms with Gasteiger partial charge < -0.3 is 10.2 Å². The van der Waals surface area contributed by atoms with Gasteiger partial charge in [0.25, 0.3) is 0 Å². The van der Waals surface area contributed by atoms with Crippen LogP contribution in [0.5, 0.6) is 0 Å². The highest BCUT2D eigenvalue weighted by molar-refractivity contribution is 7.99. The molecule has 0 aliphatic carbocycles. The summed E-state index contributed by atoms with van der Waals surface area (Å²) in [5.74, 6) is 1.58. The fourth-order valence-corrected chi connectivity index (χ4v) is 3.29. The van der Waals surface area contributed by atoms with Gasteiger partial charge in [0.2, 0.25) is 0 Å². The van der Waals surface area contributed by atoms with Crippen LogP contribution in [0, 0.1) is 17.1 Å². The molecule has 2 rings (SSSR count). The third-order valence-electron chi connectivity index (χ3n) is 3.55. The second kappa shape index (κ2) is 7.32. The molecule has 21 heavy (non-hydrogen) atoms. The number of hydrogen-bond acceptors (Lipinski definition) is 3. The first-order valence-corrected chi connectivity index (χ1v) is 8.08. The first-order valence-electron chi connectivity index (χ1n) is 6.92. The summed E-state index contributed by atoms with van der Waals surface area (Å²) >= 11 is 1.84. The van der Waals surface area contributed by atoms with Gasteiger partial charge in [-0.25, -0.2) is 9.18 Å². The van der Waals surface area contributed by atoms with Gasteiger partial charge in [0.1, 0.15) is 5.82 Å². The van der Waals surface area contributed by atoms with E-state index in [0.717, 1.165) is 17.9 Å². The lowest BCUT2D eigenvalue weighted by molar-refractivity contribution is 0.182. The second-order valence-corrected chi connectivity index (χ2v) is 6.24. The normalized spacial score (nSPS) is 18.7. The van der Waals surface area contributed by atoms with E-state index in [0.29, 0.717) is 17.7 Å². The van der Waals surface area contributed by atoms with Gasteiger partial charge in [-0.15, -0.1) is 0 Å². The molecule has 2 amide bonds. The van der Waals surface area contributed by atoms with E-state index in [-0.39, 0.29) is 18.6 Å². The number of nitrogens with one attached hydrogen (secondary N) is 1. The van der Waals surface area contributed by atoms with Crippen molar-refractivity contribution < 1.29 is 9.18 Å². The van der Waals surface area contributed by atoms with Crippen molar-refractivity contribution in [3.63, 3.8) is 0 Å². The SMILES string of the molecule is C[C@@H]1CCSCCN1C(=O)NCc1cc(C#N)ccc1F. The third-order valence-corrected chi connectivity index (χ3v) is 4.55. The van der Waals surface area contributed by atoms with E-state index in [1.165, 1.54) is 18.2 Å². The van der Waals surface area contributed by atoms with Crippen LogP contribution >= 0.6 is 11.8 Å². The van der Waals surface area contributed by atoms with Crippen LogP contribution in [0.25, 0.3) is 0 Å². The molecule has 4 nitrogen and oxygen atoms in total. The van der Waals surface area contributed by atoms with Crippen molar-refractivity contribution in [3.8, 4) is 6.07 Å². The Morgan fingerprint density at radius 3 is 3.14 bits per heavy atom. The Balaban J connectivity index is 1.99. The van der Waals surface area contributed by atoms with E-state index in [1.807, 2.05) is 24.8 Å². The summed E-state index contributed by atoms with van der Waals surface area (Å²) < 4.78 is 13.7. The van der Waals surface area contributed by atoms with Crippen LogP contribution in [0.1, 0.15) is 24.5 Å². The molecule has 1 heterocycles. The minimum absolute atomic E-state index is 0.0938. The van der Waals surface area contributed by atoms with Crippen molar-refractivity contribution in [3.05, 3.63) is 35.1 Å². The van der Waals surface area contributed by atoms with Gasteiger partial charge in [-0.3, -0.25) is 0 Å². The topological polar surface area (TPSA) is 56.1 Å². The van der Waals surface area contributed by atoms with Gasteiger partial charge >= 0.3 is 6.03 Å². The van der Waals surface area contributed by atoms with E-state index in [4.69, 9.17) is 5.26 Å². The Bertz CT molecular complexity index is 558. The summed E-state index contributed by atoms with van der Waals surface area (Å²) in [6, 6.07) is 6.13. The Hall–Kier alpha value is -1.74. The van der Waals surface area contributed by atoms with Crippen LogP contribution in [-0.4, -0.2) is 35.0 Å². The van der Waals surface area contributed by atoms with Gasteiger partial charge in [0.05, 0.1) is 11.6 Å². The molecule has 6 heteroatoms. The van der Waals surface area contributed by atoms with Gasteiger partial charge in [0, 0.05) is 30.4 Å². The highest BCUT2D eigenvalue weighted by Crippen LogP contribution is 2.16. The summed E-state index contributed by atoms with van der Waals surface area (Å²) in [4.78, 5) is 14.0. The average molecular weight is 307 g/mol. The summed E-state index contributed by atoms with van der Waals surface area (Å²) in [6.45, 7) is 2.83. The molecule has 112 valence electrons. The maximum atomic E-state index is 13.7. The average Bonchev–Trinajstić information content (AvgIpc) is 2.70. The Labute approximate surface area is 128 Å². The predicted molar refractivity (Wildman–Crippen MR) is 81.5 cm³/mol. The molecule has 1 fully saturated rings. The molecule has 0 saturated carbocycles. The Morgan fingerprint density at radius 1 is 1.57 bits per heavy atom. The monoisotopic (exact) mass is 307 g/mol. The maximum Gasteiger partial charge on any atom is 0.317 e. The number of hydrogen-bond donors (Lipinski definition) is 1. The van der Waals surface area contributed by atoms with Gasteiger partial charge in [-0.1, -0.05) is 0 Å². The molecule has 0 unspecified atom stereocenters. The number of rotatable bonds is 2. The van der Waals surface area contributed by atoms with Crippen LogP contribution in [0.3, 0.4) is 0 Å². The van der Waals surface area contributed by atoms with E-state index in [9.17, 15) is 9.18 Å². The molecule has 1 aliphatic heterocycles. The van der Waals surface area contributed by atoms with Gasteiger partial charge in [0.15, 0.2) is 0 Å². The second-order valence-electron chi connectivity index (χ2n) is 5.02. The quantitative estimate of drug-likeness (QED) is 0.914. The van der Waals surface area contributed by atoms with Crippen molar-refractivity contribution >= 4 is 17.8 Å². The number of urea groups is 1. The summed E-state index contributed by atoms with van der Waals surface area (Å²) in [5, 5.41) is 11.6. The molecule has 1 N–H and O–H groups in total. The fraction of sp³-hybridized carbons (Fsp3) is 0.467. The highest BCUT2D eigenvalue weighted by Gasteiger charge is 2.22. The van der Waals surface area contributed by atoms with Crippen molar-refractivity contribution in [2.75, 3.05) is 18.1 Å². The Morgan fingerprint density at radius 2 is 2.38 bits per heavy atom. The number of nitrogens with zero attached hydrogens (tertiary/aromatic N) is 2. The number of carbonyl (C=O) groups excluding carboxylic acids is 1. The number of halogens is 1. The number of thioether (sulfide) groups is 1. The first-order chi connectivity index (χ1) is 10.1. The van der Waals surface area contributed by atoms with Gasteiger partial charge in [-0.2, -0.15) is 17.0 Å². The van der Waals surface area contributed by atoms with Crippen molar-refractivity contribution in [2.45, 2.75) is 25.9 Å². The maximum absolute atomic E-state index is 13.7. The highest BCUT2D eigenvalue weighted by atomic mass is 32.2. The third kappa shape index (κ3) is 4.11. The van der Waals surface area contributed by atoms with E-state index < -0.39 is 5.82 Å². The molecule has 0 spiro atoms. The molecule has 1 aliphatic rings. The standard InChI is InChI=1S/C15H18FN3OS/c1-11-4-6-21-7-5-19(11)15(20)18-10-13-8-12(9-17)2-3-14(13)16/h2-3,8,11H,4-7,10H2,1H3,(H,18,20)/t11-/m1/s1. The lowest BCUT2D eigenvalue weighted by atomic mass is 10.1. The molecular weight excluding hydrogens is 289 g/mol. The lowest BCUT2D eigenvalue weighted by Gasteiger charge is -2.27. The van der Waals surface area contributed by atoms with Crippen LogP contribution < -0.4 is 5.32 Å². The summed E-state index contributed by atoms with van der Waals surface area (Å²) in [5.41, 5.74) is 0.722. The number of benzene rings is 1. The smallest absolute Gasteiger partial charge is 0.317 e. The zero-order chi connectivity index (χ0) is 15.2. The first kappa shape index (κ1) is 15.6. The summed E-state index contributed by atoms with van der Waals surface area (Å²) in [6.07, 6.45) is 0.969. The fourth-order valence-electron chi connectivity index (χ4n) is 2.25. The zero-order valence-electron chi connectivity index (χ0n) is 11.9. The van der Waals surface area contributed by atoms with Crippen molar-refractivity contribution in [2.24, 2.45) is 0 Å². The van der Waals surface area contributed by atoms with E-state index in [2.05, 4.69) is 5.32 Å². The summed E-state index contributed by atoms with van der Waals surface area (Å²) in [7, 11) is 0. The molecule has 1 atom stereocenters. The molecular formula is C15H18FN3OS. The van der Waals surface area contributed by atoms with Crippen LogP contribution in [0.15, 0.2) is 18.2 Å². The molecule has 1 saturated heterocycles. The molecule has 0 radical (unpaired) electrons. The molecule has 1 aromatic rings. The minimum Gasteiger partial charge on any atom is -0.334 e. The van der Waals surface area contributed by atoms with E-state index >= 15 is 0 Å². The van der Waals surface area contributed by atoms with Crippen molar-refractivity contribution in [1.29, 1.82) is 5.26 Å². The van der Waals surface area contributed by atoms with Crippen molar-refractivity contribution in [1.82, 2.24) is 10.2 Å². The number of amides is 2. The minimum atomic E-state index is -0.409. The largest absolute Gasteiger partial charge is 0.334 e. The van der Waals surface area contributed by atoms with Crippen LogP contribution in [0.2, 0.25) is 0 Å². The van der Waals surface area contributed by atoms with Gasteiger partial charge in [-0.05, 0) is 37.3 Å². The van der Waals surface area contributed by atoms with Crippen LogP contribution in [-0.2, 0) is 6.54 Å². The molecule has 1 aromatic carbocycles. The van der Waals surface area contributed by atoms with Crippen LogP contribution in [0.4, 0.5) is 9.18 Å². The zero-order valence-corrected chi connectivity index (χ0v) is 12.8. The Kier molecular flexibility index (Phi) is 5.45. The number of carbonyl (C=O) groups is 1. The lowest BCUT2D eigenvalue weighted by Crippen LogP contribution is -2.45. The molecule has 0 bridgehead atoms. The number of nitriles is 1. The predicted octanol–water partition coefficient (Wildman–Crippen LogP) is 2.73.